The van der Waals surface area contributed by atoms with Crippen molar-refractivity contribution in [3.63, 3.8) is 0 Å². The van der Waals surface area contributed by atoms with Gasteiger partial charge in [-0.2, -0.15) is 0 Å². The van der Waals surface area contributed by atoms with E-state index in [-0.39, 0.29) is 11.3 Å². The van der Waals surface area contributed by atoms with Gasteiger partial charge in [-0.15, -0.1) is 0 Å². The van der Waals surface area contributed by atoms with Crippen LogP contribution in [-0.2, 0) is 4.79 Å². The number of hydrogen-bond donors (Lipinski definition) is 2. The van der Waals surface area contributed by atoms with Crippen molar-refractivity contribution in [3.8, 4) is 0 Å². The highest BCUT2D eigenvalue weighted by Gasteiger charge is 2.16. The van der Waals surface area contributed by atoms with Crippen molar-refractivity contribution in [3.05, 3.63) is 0 Å². The molecule has 0 unspecified atom stereocenters. The summed E-state index contributed by atoms with van der Waals surface area (Å²) in [5, 5.41) is 6.10. The van der Waals surface area contributed by atoms with E-state index in [1.54, 1.807) is 0 Å². The summed E-state index contributed by atoms with van der Waals surface area (Å²) < 4.78 is 0. The third-order valence-corrected chi connectivity index (χ3v) is 1.86. The summed E-state index contributed by atoms with van der Waals surface area (Å²) in [6.45, 7) is 11.0. The minimum absolute atomic E-state index is 0.00224. The van der Waals surface area contributed by atoms with Crippen molar-refractivity contribution in [2.24, 2.45) is 11.3 Å². The van der Waals surface area contributed by atoms with E-state index in [1.807, 2.05) is 20.8 Å². The Kier molecular flexibility index (Phi) is 5.80. The molecule has 0 heterocycles. The molecule has 3 nitrogen and oxygen atoms in total. The van der Waals surface area contributed by atoms with Crippen molar-refractivity contribution in [2.75, 3.05) is 6.54 Å². The number of carbonyl (C=O) groups excluding carboxylic acids is 1. The molecule has 0 saturated carbocycles. The fraction of sp³-hybridized carbons (Fsp3) is 0.818. The smallest absolute Gasteiger partial charge is 0.226 e. The van der Waals surface area contributed by atoms with Crippen LogP contribution >= 0.6 is 12.2 Å². The highest BCUT2D eigenvalue weighted by Crippen LogP contribution is 2.17. The van der Waals surface area contributed by atoms with E-state index >= 15 is 0 Å². The van der Waals surface area contributed by atoms with Crippen molar-refractivity contribution in [2.45, 2.75) is 41.0 Å². The standard InChI is InChI=1S/C11H22N2OS/c1-8(2)7-12-10(15)13-9(14)6-11(3,4)5/h8H,6-7H2,1-5H3,(H2,12,13,14,15). The summed E-state index contributed by atoms with van der Waals surface area (Å²) in [7, 11) is 0. The van der Waals surface area contributed by atoms with Crippen LogP contribution in [0.15, 0.2) is 0 Å². The van der Waals surface area contributed by atoms with Crippen LogP contribution in [0.2, 0.25) is 0 Å². The third kappa shape index (κ3) is 9.66. The van der Waals surface area contributed by atoms with Crippen LogP contribution in [0, 0.1) is 11.3 Å². The topological polar surface area (TPSA) is 41.1 Å². The number of carbonyl (C=O) groups is 1. The Labute approximate surface area is 98.0 Å². The molecule has 1 amide bonds. The summed E-state index contributed by atoms with van der Waals surface area (Å²) in [5.41, 5.74) is -0.00224. The van der Waals surface area contributed by atoms with Crippen molar-refractivity contribution < 1.29 is 4.79 Å². The maximum absolute atomic E-state index is 11.5. The van der Waals surface area contributed by atoms with Gasteiger partial charge in [0.2, 0.25) is 5.91 Å². The van der Waals surface area contributed by atoms with Crippen LogP contribution in [0.3, 0.4) is 0 Å². The van der Waals surface area contributed by atoms with Gasteiger partial charge in [0.05, 0.1) is 0 Å². The lowest BCUT2D eigenvalue weighted by Crippen LogP contribution is -2.41. The Bertz CT molecular complexity index is 231. The molecule has 0 atom stereocenters. The zero-order valence-corrected chi connectivity index (χ0v) is 11.1. The summed E-state index contributed by atoms with van der Waals surface area (Å²) in [6, 6.07) is 0. The Morgan fingerprint density at radius 3 is 2.27 bits per heavy atom. The quantitative estimate of drug-likeness (QED) is 0.729. The highest BCUT2D eigenvalue weighted by molar-refractivity contribution is 7.80. The second kappa shape index (κ2) is 6.05. The molecule has 0 aliphatic carbocycles. The molecule has 88 valence electrons. The number of amides is 1. The van der Waals surface area contributed by atoms with Crippen LogP contribution < -0.4 is 10.6 Å². The molecule has 0 saturated heterocycles. The SMILES string of the molecule is CC(C)CNC(=S)NC(=O)CC(C)(C)C. The Balaban J connectivity index is 3.82. The lowest BCUT2D eigenvalue weighted by molar-refractivity contribution is -0.121. The summed E-state index contributed by atoms with van der Waals surface area (Å²) in [4.78, 5) is 11.5. The minimum atomic E-state index is -0.0243. The van der Waals surface area contributed by atoms with Gasteiger partial charge >= 0.3 is 0 Å². The minimum Gasteiger partial charge on any atom is -0.362 e. The van der Waals surface area contributed by atoms with Crippen LogP contribution in [0.5, 0.6) is 0 Å². The van der Waals surface area contributed by atoms with Crippen molar-refractivity contribution in [1.29, 1.82) is 0 Å². The first kappa shape index (κ1) is 14.4. The van der Waals surface area contributed by atoms with Gasteiger partial charge < -0.3 is 10.6 Å². The molecule has 0 bridgehead atoms. The van der Waals surface area contributed by atoms with Gasteiger partial charge in [0.15, 0.2) is 5.11 Å². The normalized spacial score (nSPS) is 11.3. The van der Waals surface area contributed by atoms with Crippen LogP contribution in [-0.4, -0.2) is 17.6 Å². The third-order valence-electron chi connectivity index (χ3n) is 1.61. The van der Waals surface area contributed by atoms with Gasteiger partial charge in [0.1, 0.15) is 0 Å². The molecule has 2 N–H and O–H groups in total. The molecule has 0 aromatic heterocycles. The molecule has 0 spiro atoms. The molecule has 0 fully saturated rings. The van der Waals surface area contributed by atoms with E-state index in [4.69, 9.17) is 12.2 Å². The molecule has 0 rings (SSSR count). The van der Waals surface area contributed by atoms with Gasteiger partial charge in [-0.1, -0.05) is 34.6 Å². The number of thiocarbonyl (C=S) groups is 1. The van der Waals surface area contributed by atoms with Crippen molar-refractivity contribution >= 4 is 23.2 Å². The predicted molar refractivity (Wildman–Crippen MR) is 67.7 cm³/mol. The first-order valence-corrected chi connectivity index (χ1v) is 5.69. The predicted octanol–water partition coefficient (Wildman–Crippen LogP) is 2.07. The van der Waals surface area contributed by atoms with E-state index in [0.717, 1.165) is 6.54 Å². The van der Waals surface area contributed by atoms with Gasteiger partial charge in [0.25, 0.3) is 0 Å². The number of nitrogens with one attached hydrogen (secondary N) is 2. The Morgan fingerprint density at radius 2 is 1.87 bits per heavy atom. The Hall–Kier alpha value is -0.640. The summed E-state index contributed by atoms with van der Waals surface area (Å²) in [6.07, 6.45) is 0.483. The monoisotopic (exact) mass is 230 g/mol. The second-order valence-electron chi connectivity index (χ2n) is 5.39. The molecular weight excluding hydrogens is 208 g/mol. The van der Waals surface area contributed by atoms with Crippen LogP contribution in [0.4, 0.5) is 0 Å². The first-order chi connectivity index (χ1) is 6.70. The molecule has 0 aliphatic heterocycles. The van der Waals surface area contributed by atoms with Gasteiger partial charge in [-0.05, 0) is 23.6 Å². The maximum Gasteiger partial charge on any atom is 0.226 e. The van der Waals surface area contributed by atoms with Gasteiger partial charge in [-0.25, -0.2) is 0 Å². The fourth-order valence-corrected chi connectivity index (χ4v) is 1.19. The average Bonchev–Trinajstić information content (AvgIpc) is 1.96. The molecule has 0 aromatic carbocycles. The van der Waals surface area contributed by atoms with Gasteiger partial charge in [-0.3, -0.25) is 4.79 Å². The number of rotatable bonds is 3. The Morgan fingerprint density at radius 1 is 1.33 bits per heavy atom. The second-order valence-corrected chi connectivity index (χ2v) is 5.80. The molecule has 4 heteroatoms. The zero-order chi connectivity index (χ0) is 12.1. The van der Waals surface area contributed by atoms with E-state index in [0.29, 0.717) is 17.5 Å². The van der Waals surface area contributed by atoms with E-state index in [1.165, 1.54) is 0 Å². The lowest BCUT2D eigenvalue weighted by atomic mass is 9.92. The average molecular weight is 230 g/mol. The molecule has 15 heavy (non-hydrogen) atoms. The lowest BCUT2D eigenvalue weighted by Gasteiger charge is -2.18. The number of hydrogen-bond acceptors (Lipinski definition) is 2. The summed E-state index contributed by atoms with van der Waals surface area (Å²) in [5.74, 6) is 0.492. The van der Waals surface area contributed by atoms with E-state index in [9.17, 15) is 4.79 Å². The maximum atomic E-state index is 11.5. The highest BCUT2D eigenvalue weighted by atomic mass is 32.1. The molecule has 0 radical (unpaired) electrons. The molecular formula is C11H22N2OS. The summed E-state index contributed by atoms with van der Waals surface area (Å²) >= 11 is 4.99. The largest absolute Gasteiger partial charge is 0.362 e. The van der Waals surface area contributed by atoms with Crippen molar-refractivity contribution in [1.82, 2.24) is 10.6 Å². The molecule has 0 aromatic rings. The molecule has 0 aliphatic rings. The van der Waals surface area contributed by atoms with Gasteiger partial charge in [0, 0.05) is 13.0 Å². The first-order valence-electron chi connectivity index (χ1n) is 5.28. The van der Waals surface area contributed by atoms with Crippen LogP contribution in [0.25, 0.3) is 0 Å². The fourth-order valence-electron chi connectivity index (χ4n) is 0.994. The van der Waals surface area contributed by atoms with E-state index in [2.05, 4.69) is 24.5 Å². The van der Waals surface area contributed by atoms with Crippen LogP contribution in [0.1, 0.15) is 41.0 Å². The van der Waals surface area contributed by atoms with E-state index < -0.39 is 0 Å². The zero-order valence-electron chi connectivity index (χ0n) is 10.3.